The summed E-state index contributed by atoms with van der Waals surface area (Å²) in [5, 5.41) is 3.14. The second-order valence-corrected chi connectivity index (χ2v) is 4.43. The molecule has 61 valence electrons. The van der Waals surface area contributed by atoms with E-state index in [4.69, 9.17) is 0 Å². The highest BCUT2D eigenvalue weighted by Gasteiger charge is 2.19. The predicted octanol–water partition coefficient (Wildman–Crippen LogP) is 3.63. The van der Waals surface area contributed by atoms with Gasteiger partial charge >= 0.3 is 0 Å². The van der Waals surface area contributed by atoms with E-state index in [-0.39, 0.29) is 0 Å². The van der Waals surface area contributed by atoms with E-state index >= 15 is 0 Å². The summed E-state index contributed by atoms with van der Waals surface area (Å²) in [6.07, 6.45) is 2.52. The maximum Gasteiger partial charge on any atom is 0.0445 e. The minimum Gasteiger partial charge on any atom is -0.139 e. The van der Waals surface area contributed by atoms with E-state index in [1.807, 2.05) is 6.07 Å². The summed E-state index contributed by atoms with van der Waals surface area (Å²) >= 11 is 1.74. The summed E-state index contributed by atoms with van der Waals surface area (Å²) in [6.45, 7) is 6.84. The largest absolute Gasteiger partial charge is 0.139 e. The first-order chi connectivity index (χ1) is 5.17. The van der Waals surface area contributed by atoms with Crippen molar-refractivity contribution < 1.29 is 0 Å². The second-order valence-electron chi connectivity index (χ2n) is 3.55. The molecule has 0 aliphatic heterocycles. The Bertz CT molecular complexity index is 197. The summed E-state index contributed by atoms with van der Waals surface area (Å²) in [5.41, 5.74) is 0.361. The summed E-state index contributed by atoms with van der Waals surface area (Å²) in [6, 6.07) is 4.19. The lowest BCUT2D eigenvalue weighted by Gasteiger charge is -2.21. The Morgan fingerprint density at radius 2 is 2.27 bits per heavy atom. The van der Waals surface area contributed by atoms with Crippen LogP contribution >= 0.6 is 11.3 Å². The van der Waals surface area contributed by atoms with E-state index in [1.54, 1.807) is 11.3 Å². The van der Waals surface area contributed by atoms with Gasteiger partial charge in [0.05, 0.1) is 0 Å². The Kier molecular flexibility index (Phi) is 2.72. The monoisotopic (exact) mass is 167 g/mol. The van der Waals surface area contributed by atoms with Gasteiger partial charge in [0.15, 0.2) is 0 Å². The third-order valence-electron chi connectivity index (χ3n) is 2.01. The van der Waals surface area contributed by atoms with Crippen molar-refractivity contribution in [3.63, 3.8) is 0 Å². The minimum atomic E-state index is 0.361. The molecule has 0 nitrogen and oxygen atoms in total. The molecule has 0 atom stereocenters. The minimum absolute atomic E-state index is 0.361. The molecular weight excluding hydrogens is 152 g/mol. The molecule has 0 spiro atoms. The highest BCUT2D eigenvalue weighted by Crippen LogP contribution is 2.31. The van der Waals surface area contributed by atoms with Crippen molar-refractivity contribution in [2.24, 2.45) is 0 Å². The van der Waals surface area contributed by atoms with Crippen LogP contribution in [-0.2, 0) is 5.41 Å². The smallest absolute Gasteiger partial charge is 0.0445 e. The van der Waals surface area contributed by atoms with E-state index in [0.717, 1.165) is 0 Å². The molecule has 0 saturated heterocycles. The molecule has 0 saturated carbocycles. The molecule has 1 rings (SSSR count). The Hall–Kier alpha value is -0.300. The molecule has 0 aliphatic rings. The fourth-order valence-electron chi connectivity index (χ4n) is 1.35. The SMILES string of the molecule is CCCC(C)(C)c1cc[c]s1. The van der Waals surface area contributed by atoms with Crippen molar-refractivity contribution in [3.8, 4) is 0 Å². The zero-order valence-electron chi connectivity index (χ0n) is 7.48. The quantitative estimate of drug-likeness (QED) is 0.645. The van der Waals surface area contributed by atoms with Crippen LogP contribution in [-0.4, -0.2) is 0 Å². The first-order valence-electron chi connectivity index (χ1n) is 4.13. The molecule has 1 aromatic heterocycles. The molecule has 0 bridgehead atoms. The average Bonchev–Trinajstić information content (AvgIpc) is 2.37. The van der Waals surface area contributed by atoms with Gasteiger partial charge in [0.25, 0.3) is 0 Å². The van der Waals surface area contributed by atoms with Gasteiger partial charge in [0.2, 0.25) is 0 Å². The van der Waals surface area contributed by atoms with E-state index < -0.39 is 0 Å². The van der Waals surface area contributed by atoms with Crippen molar-refractivity contribution in [1.29, 1.82) is 0 Å². The lowest BCUT2D eigenvalue weighted by Crippen LogP contribution is -2.14. The lowest BCUT2D eigenvalue weighted by atomic mass is 9.86. The summed E-state index contributed by atoms with van der Waals surface area (Å²) in [5.74, 6) is 0. The van der Waals surface area contributed by atoms with Crippen LogP contribution in [0.1, 0.15) is 38.5 Å². The van der Waals surface area contributed by atoms with Crippen LogP contribution in [0.2, 0.25) is 0 Å². The van der Waals surface area contributed by atoms with Crippen LogP contribution < -0.4 is 0 Å². The number of rotatable bonds is 3. The zero-order chi connectivity index (χ0) is 8.32. The van der Waals surface area contributed by atoms with Crippen molar-refractivity contribution in [1.82, 2.24) is 0 Å². The summed E-state index contributed by atoms with van der Waals surface area (Å²) in [7, 11) is 0. The maximum absolute atomic E-state index is 3.14. The van der Waals surface area contributed by atoms with Gasteiger partial charge in [-0.2, -0.15) is 0 Å². The summed E-state index contributed by atoms with van der Waals surface area (Å²) < 4.78 is 0. The molecule has 1 radical (unpaired) electrons. The van der Waals surface area contributed by atoms with Gasteiger partial charge < -0.3 is 0 Å². The van der Waals surface area contributed by atoms with E-state index in [0.29, 0.717) is 5.41 Å². The molecule has 1 heterocycles. The van der Waals surface area contributed by atoms with Crippen molar-refractivity contribution in [2.75, 3.05) is 0 Å². The van der Waals surface area contributed by atoms with Gasteiger partial charge in [-0.1, -0.05) is 27.2 Å². The molecule has 0 N–H and O–H groups in total. The first-order valence-corrected chi connectivity index (χ1v) is 4.95. The van der Waals surface area contributed by atoms with Crippen LogP contribution in [0.3, 0.4) is 0 Å². The second kappa shape index (κ2) is 3.40. The normalized spacial score (nSPS) is 11.9. The molecule has 1 heteroatoms. The van der Waals surface area contributed by atoms with Crippen LogP contribution in [0.15, 0.2) is 12.1 Å². The number of hydrogen-bond donors (Lipinski definition) is 0. The molecular formula is C10H15S. The third kappa shape index (κ3) is 2.06. The van der Waals surface area contributed by atoms with Gasteiger partial charge in [0, 0.05) is 10.3 Å². The average molecular weight is 167 g/mol. The van der Waals surface area contributed by atoms with Crippen molar-refractivity contribution in [2.45, 2.75) is 39.0 Å². The van der Waals surface area contributed by atoms with Gasteiger partial charge in [-0.25, -0.2) is 0 Å². The highest BCUT2D eigenvalue weighted by atomic mass is 32.1. The molecule has 0 aromatic carbocycles. The van der Waals surface area contributed by atoms with E-state index in [1.165, 1.54) is 17.7 Å². The predicted molar refractivity (Wildman–Crippen MR) is 51.1 cm³/mol. The van der Waals surface area contributed by atoms with Crippen molar-refractivity contribution in [3.05, 3.63) is 22.4 Å². The Morgan fingerprint density at radius 3 is 2.73 bits per heavy atom. The first kappa shape index (κ1) is 8.79. The Morgan fingerprint density at radius 1 is 1.55 bits per heavy atom. The van der Waals surface area contributed by atoms with Crippen LogP contribution in [0, 0.1) is 5.38 Å². The van der Waals surface area contributed by atoms with E-state index in [2.05, 4.69) is 32.2 Å². The number of thiophene rings is 1. The third-order valence-corrected chi connectivity index (χ3v) is 3.18. The maximum atomic E-state index is 3.14. The molecule has 0 aliphatic carbocycles. The fourth-order valence-corrected chi connectivity index (χ4v) is 2.13. The van der Waals surface area contributed by atoms with Crippen LogP contribution in [0.5, 0.6) is 0 Å². The Balaban J connectivity index is 2.73. The zero-order valence-corrected chi connectivity index (χ0v) is 8.29. The van der Waals surface area contributed by atoms with Crippen LogP contribution in [0.4, 0.5) is 0 Å². The van der Waals surface area contributed by atoms with Crippen molar-refractivity contribution >= 4 is 11.3 Å². The summed E-state index contributed by atoms with van der Waals surface area (Å²) in [4.78, 5) is 1.46. The van der Waals surface area contributed by atoms with Crippen LogP contribution in [0.25, 0.3) is 0 Å². The molecule has 0 amide bonds. The van der Waals surface area contributed by atoms with E-state index in [9.17, 15) is 0 Å². The van der Waals surface area contributed by atoms with Gasteiger partial charge in [-0.3, -0.25) is 0 Å². The lowest BCUT2D eigenvalue weighted by molar-refractivity contribution is 0.482. The molecule has 0 fully saturated rings. The number of hydrogen-bond acceptors (Lipinski definition) is 1. The Labute approximate surface area is 73.3 Å². The standard InChI is InChI=1S/C10H15S/c1-4-7-10(2,3)9-6-5-8-11-9/h5-6H,4,7H2,1-3H3. The van der Waals surface area contributed by atoms with Gasteiger partial charge in [0.1, 0.15) is 0 Å². The highest BCUT2D eigenvalue weighted by molar-refractivity contribution is 7.09. The molecule has 1 aromatic rings. The van der Waals surface area contributed by atoms with Gasteiger partial charge in [-0.15, -0.1) is 11.3 Å². The molecule has 0 unspecified atom stereocenters. The molecule has 11 heavy (non-hydrogen) atoms. The van der Waals surface area contributed by atoms with Gasteiger partial charge in [-0.05, 0) is 24.0 Å². The fraction of sp³-hybridized carbons (Fsp3) is 0.600. The topological polar surface area (TPSA) is 0 Å².